The van der Waals surface area contributed by atoms with Gasteiger partial charge in [0.15, 0.2) is 5.65 Å². The van der Waals surface area contributed by atoms with Crippen LogP contribution in [0.1, 0.15) is 23.9 Å². The van der Waals surface area contributed by atoms with Gasteiger partial charge in [0.25, 0.3) is 0 Å². The van der Waals surface area contributed by atoms with Gasteiger partial charge >= 0.3 is 0 Å². The van der Waals surface area contributed by atoms with Crippen LogP contribution < -0.4 is 0 Å². The highest BCUT2D eigenvalue weighted by molar-refractivity contribution is 7.88. The lowest BCUT2D eigenvalue weighted by atomic mass is 9.99. The molecule has 1 aliphatic rings. The van der Waals surface area contributed by atoms with E-state index >= 15 is 0 Å². The Morgan fingerprint density at radius 3 is 2.91 bits per heavy atom. The van der Waals surface area contributed by atoms with Crippen LogP contribution in [-0.2, 0) is 10.0 Å². The Morgan fingerprint density at radius 2 is 2.17 bits per heavy atom. The number of fused-ring (bicyclic) bond motifs is 3. The van der Waals surface area contributed by atoms with Crippen LogP contribution in [0.5, 0.6) is 0 Å². The number of rotatable bonds is 2. The topological polar surface area (TPSA) is 91.8 Å². The van der Waals surface area contributed by atoms with Crippen molar-refractivity contribution in [1.29, 1.82) is 0 Å². The summed E-state index contributed by atoms with van der Waals surface area (Å²) in [6.07, 6.45) is 5.52. The summed E-state index contributed by atoms with van der Waals surface area (Å²) in [7, 11) is -3.16. The van der Waals surface area contributed by atoms with Crippen molar-refractivity contribution in [2.45, 2.75) is 19.3 Å². The van der Waals surface area contributed by atoms with E-state index in [-0.39, 0.29) is 5.92 Å². The first-order valence-electron chi connectivity index (χ1n) is 7.48. The third-order valence-corrected chi connectivity index (χ3v) is 5.68. The van der Waals surface area contributed by atoms with E-state index in [1.165, 1.54) is 10.6 Å². The molecular weight excluding hydrogens is 314 g/mol. The van der Waals surface area contributed by atoms with E-state index in [2.05, 4.69) is 19.9 Å². The zero-order valence-corrected chi connectivity index (χ0v) is 13.8. The van der Waals surface area contributed by atoms with Crippen LogP contribution in [0.3, 0.4) is 0 Å². The standard InChI is InChI=1S/C15H17N5O2S/c1-9-18-12-7-17-15-11(3-5-16-15)13(12)14(19-9)10-4-6-20(8-10)23(2,21)22/h3,5,7,10H,4,6,8H2,1-2H3,(H,18,19). The van der Waals surface area contributed by atoms with Crippen LogP contribution >= 0.6 is 0 Å². The Balaban J connectivity index is 1.91. The molecule has 7 nitrogen and oxygen atoms in total. The van der Waals surface area contributed by atoms with Gasteiger partial charge in [0.2, 0.25) is 10.0 Å². The summed E-state index contributed by atoms with van der Waals surface area (Å²) < 4.78 is 25.1. The van der Waals surface area contributed by atoms with Gasteiger partial charge in [-0.3, -0.25) is 0 Å². The largest absolute Gasteiger partial charge is 0.347 e. The smallest absolute Gasteiger partial charge is 0.211 e. The van der Waals surface area contributed by atoms with Gasteiger partial charge in [0.05, 0.1) is 18.0 Å². The van der Waals surface area contributed by atoms with Crippen molar-refractivity contribution in [3.8, 4) is 0 Å². The van der Waals surface area contributed by atoms with Gasteiger partial charge < -0.3 is 4.98 Å². The number of aryl methyl sites for hydroxylation is 1. The van der Waals surface area contributed by atoms with Crippen LogP contribution in [0.15, 0.2) is 18.5 Å². The van der Waals surface area contributed by atoms with Crippen LogP contribution in [-0.4, -0.2) is 52.0 Å². The normalized spacial score (nSPS) is 19.8. The first kappa shape index (κ1) is 14.5. The maximum absolute atomic E-state index is 11.8. The van der Waals surface area contributed by atoms with Gasteiger partial charge in [0, 0.05) is 41.7 Å². The quantitative estimate of drug-likeness (QED) is 0.769. The number of H-pyrrole nitrogens is 1. The number of nitrogens with zero attached hydrogens (tertiary/aromatic N) is 4. The number of sulfonamides is 1. The first-order valence-corrected chi connectivity index (χ1v) is 9.33. The highest BCUT2D eigenvalue weighted by Crippen LogP contribution is 2.34. The number of pyridine rings is 1. The fourth-order valence-electron chi connectivity index (χ4n) is 3.35. The number of hydrogen-bond donors (Lipinski definition) is 1. The first-order chi connectivity index (χ1) is 10.9. The predicted octanol–water partition coefficient (Wildman–Crippen LogP) is 1.56. The fraction of sp³-hybridized carbons (Fsp3) is 0.400. The lowest BCUT2D eigenvalue weighted by molar-refractivity contribution is 0.478. The average Bonchev–Trinajstić information content (AvgIpc) is 3.14. The minimum Gasteiger partial charge on any atom is -0.347 e. The zero-order chi connectivity index (χ0) is 16.2. The Bertz CT molecular complexity index is 1010. The molecule has 0 radical (unpaired) electrons. The van der Waals surface area contributed by atoms with Crippen molar-refractivity contribution in [3.05, 3.63) is 30.0 Å². The van der Waals surface area contributed by atoms with Crippen molar-refractivity contribution in [2.24, 2.45) is 0 Å². The second kappa shape index (κ2) is 4.97. The maximum atomic E-state index is 11.8. The van der Waals surface area contributed by atoms with E-state index in [0.717, 1.165) is 34.2 Å². The molecule has 0 saturated carbocycles. The van der Waals surface area contributed by atoms with Crippen LogP contribution in [0.25, 0.3) is 21.9 Å². The summed E-state index contributed by atoms with van der Waals surface area (Å²) in [6, 6.07) is 1.93. The van der Waals surface area contributed by atoms with Gasteiger partial charge in [-0.05, 0) is 19.4 Å². The molecule has 4 rings (SSSR count). The molecule has 1 N–H and O–H groups in total. The molecular formula is C15H17N5O2S. The molecule has 0 aliphatic carbocycles. The highest BCUT2D eigenvalue weighted by atomic mass is 32.2. The Hall–Kier alpha value is -2.06. The van der Waals surface area contributed by atoms with Gasteiger partial charge in [-0.25, -0.2) is 27.7 Å². The number of aromatic nitrogens is 4. The van der Waals surface area contributed by atoms with Crippen molar-refractivity contribution in [3.63, 3.8) is 0 Å². The monoisotopic (exact) mass is 331 g/mol. The minimum absolute atomic E-state index is 0.120. The number of aromatic amines is 1. The predicted molar refractivity (Wildman–Crippen MR) is 87.7 cm³/mol. The summed E-state index contributed by atoms with van der Waals surface area (Å²) in [5, 5.41) is 1.96. The van der Waals surface area contributed by atoms with E-state index in [1.54, 1.807) is 12.4 Å². The molecule has 1 fully saturated rings. The second-order valence-electron chi connectivity index (χ2n) is 6.04. The molecule has 0 bridgehead atoms. The van der Waals surface area contributed by atoms with Crippen molar-refractivity contribution in [1.82, 2.24) is 24.2 Å². The minimum atomic E-state index is -3.16. The van der Waals surface area contributed by atoms with Crippen LogP contribution in [0, 0.1) is 6.92 Å². The third kappa shape index (κ3) is 2.38. The molecule has 0 amide bonds. The molecule has 3 aromatic rings. The summed E-state index contributed by atoms with van der Waals surface area (Å²) in [6.45, 7) is 2.94. The molecule has 1 saturated heterocycles. The molecule has 1 aliphatic heterocycles. The Labute approximate surface area is 133 Å². The van der Waals surface area contributed by atoms with E-state index in [9.17, 15) is 8.42 Å². The van der Waals surface area contributed by atoms with E-state index in [4.69, 9.17) is 0 Å². The third-order valence-electron chi connectivity index (χ3n) is 4.41. The van der Waals surface area contributed by atoms with E-state index in [0.29, 0.717) is 18.7 Å². The van der Waals surface area contributed by atoms with E-state index in [1.807, 2.05) is 13.0 Å². The summed E-state index contributed by atoms with van der Waals surface area (Å²) >= 11 is 0. The molecule has 1 atom stereocenters. The molecule has 0 spiro atoms. The van der Waals surface area contributed by atoms with Gasteiger partial charge in [-0.2, -0.15) is 0 Å². The number of nitrogens with one attached hydrogen (secondary N) is 1. The molecule has 4 heterocycles. The van der Waals surface area contributed by atoms with Crippen molar-refractivity contribution >= 4 is 32.0 Å². The maximum Gasteiger partial charge on any atom is 0.211 e. The van der Waals surface area contributed by atoms with Gasteiger partial charge in [-0.1, -0.05) is 0 Å². The lowest BCUT2D eigenvalue weighted by Gasteiger charge is -2.16. The fourth-order valence-corrected chi connectivity index (χ4v) is 4.24. The SMILES string of the molecule is Cc1nc2cnc3nccc3c2c(C2CCN(S(C)(=O)=O)C2)[nH]1. The van der Waals surface area contributed by atoms with Crippen LogP contribution in [0.2, 0.25) is 0 Å². The second-order valence-corrected chi connectivity index (χ2v) is 8.03. The summed E-state index contributed by atoms with van der Waals surface area (Å²) in [4.78, 5) is 16.5. The summed E-state index contributed by atoms with van der Waals surface area (Å²) in [5.74, 6) is 0.917. The molecule has 8 heteroatoms. The summed E-state index contributed by atoms with van der Waals surface area (Å²) in [5.41, 5.74) is 2.53. The van der Waals surface area contributed by atoms with Gasteiger partial charge in [0.1, 0.15) is 5.82 Å². The van der Waals surface area contributed by atoms with Gasteiger partial charge in [-0.15, -0.1) is 0 Å². The van der Waals surface area contributed by atoms with Crippen molar-refractivity contribution < 1.29 is 8.42 Å². The van der Waals surface area contributed by atoms with Crippen molar-refractivity contribution in [2.75, 3.05) is 19.3 Å². The molecule has 1 unspecified atom stereocenters. The molecule has 0 aromatic carbocycles. The Morgan fingerprint density at radius 1 is 1.35 bits per heavy atom. The molecule has 23 heavy (non-hydrogen) atoms. The highest BCUT2D eigenvalue weighted by Gasteiger charge is 2.31. The van der Waals surface area contributed by atoms with E-state index < -0.39 is 10.0 Å². The Kier molecular flexibility index (Phi) is 3.14. The lowest BCUT2D eigenvalue weighted by Crippen LogP contribution is -2.27. The number of hydrogen-bond acceptors (Lipinski definition) is 5. The molecule has 3 aromatic heterocycles. The molecule has 120 valence electrons. The van der Waals surface area contributed by atoms with Crippen LogP contribution in [0.4, 0.5) is 0 Å². The average molecular weight is 331 g/mol. The zero-order valence-electron chi connectivity index (χ0n) is 12.9.